The highest BCUT2D eigenvalue weighted by atomic mass is 32.1. The number of hydrogen-bond acceptors (Lipinski definition) is 4. The summed E-state index contributed by atoms with van der Waals surface area (Å²) in [6.45, 7) is 7.25. The fourth-order valence-electron chi connectivity index (χ4n) is 1.41. The highest BCUT2D eigenvalue weighted by Gasteiger charge is 2.08. The molecule has 18 heavy (non-hydrogen) atoms. The first-order chi connectivity index (χ1) is 8.65. The molecule has 1 rings (SSSR count). The molecule has 0 saturated heterocycles. The molecule has 0 bridgehead atoms. The van der Waals surface area contributed by atoms with E-state index in [1.807, 2.05) is 31.3 Å². The van der Waals surface area contributed by atoms with E-state index in [9.17, 15) is 0 Å². The highest BCUT2D eigenvalue weighted by Crippen LogP contribution is 2.14. The Labute approximate surface area is 118 Å². The number of aromatic nitrogens is 1. The van der Waals surface area contributed by atoms with Crippen molar-refractivity contribution >= 4 is 28.7 Å². The van der Waals surface area contributed by atoms with Crippen molar-refractivity contribution in [3.05, 3.63) is 16.1 Å². The summed E-state index contributed by atoms with van der Waals surface area (Å²) < 4.78 is 5.27. The maximum atomic E-state index is 5.33. The van der Waals surface area contributed by atoms with Crippen LogP contribution in [0.25, 0.3) is 0 Å². The molecule has 1 aromatic rings. The van der Waals surface area contributed by atoms with Crippen molar-refractivity contribution in [1.29, 1.82) is 0 Å². The average Bonchev–Trinajstić information content (AvgIpc) is 2.74. The number of thiocarbonyl (C=S) groups is 1. The summed E-state index contributed by atoms with van der Waals surface area (Å²) in [6.07, 6.45) is 0.974. The van der Waals surface area contributed by atoms with Crippen LogP contribution in [-0.2, 0) is 11.3 Å². The van der Waals surface area contributed by atoms with E-state index in [-0.39, 0.29) is 0 Å². The van der Waals surface area contributed by atoms with E-state index in [2.05, 4.69) is 10.3 Å². The number of ether oxygens (including phenoxy) is 1. The minimum absolute atomic E-state index is 0.773. The average molecular weight is 287 g/mol. The monoisotopic (exact) mass is 287 g/mol. The van der Waals surface area contributed by atoms with Crippen LogP contribution in [0.3, 0.4) is 0 Å². The fraction of sp³-hybridized carbons (Fsp3) is 0.667. The summed E-state index contributed by atoms with van der Waals surface area (Å²) in [5.74, 6) is 0. The van der Waals surface area contributed by atoms with E-state index in [0.29, 0.717) is 0 Å². The Hall–Kier alpha value is -0.720. The van der Waals surface area contributed by atoms with E-state index in [1.165, 1.54) is 4.88 Å². The second-order valence-electron chi connectivity index (χ2n) is 4.00. The summed E-state index contributed by atoms with van der Waals surface area (Å²) in [5.41, 5.74) is 2.96. The second-order valence-corrected chi connectivity index (χ2v) is 5.33. The zero-order chi connectivity index (χ0) is 13.4. The smallest absolute Gasteiger partial charge is 0.169 e. The summed E-state index contributed by atoms with van der Waals surface area (Å²) >= 11 is 7.00. The molecule has 0 aliphatic carbocycles. The molecule has 1 heterocycles. The number of nitrogens with one attached hydrogen (secondary N) is 1. The Morgan fingerprint density at radius 3 is 3.00 bits per heavy atom. The number of aryl methyl sites for hydroxylation is 1. The third kappa shape index (κ3) is 5.29. The topological polar surface area (TPSA) is 37.4 Å². The molecule has 0 amide bonds. The third-order valence-corrected chi connectivity index (χ3v) is 3.89. The predicted molar refractivity (Wildman–Crippen MR) is 80.0 cm³/mol. The molecule has 0 fully saturated rings. The quantitative estimate of drug-likeness (QED) is 0.614. The van der Waals surface area contributed by atoms with Crippen LogP contribution < -0.4 is 5.32 Å². The van der Waals surface area contributed by atoms with Crippen molar-refractivity contribution in [3.8, 4) is 0 Å². The maximum Gasteiger partial charge on any atom is 0.169 e. The van der Waals surface area contributed by atoms with Gasteiger partial charge in [0, 0.05) is 31.7 Å². The molecule has 0 saturated carbocycles. The lowest BCUT2D eigenvalue weighted by Gasteiger charge is -2.20. The van der Waals surface area contributed by atoms with Crippen molar-refractivity contribution in [2.45, 2.75) is 26.8 Å². The van der Waals surface area contributed by atoms with Gasteiger partial charge in [0.05, 0.1) is 17.7 Å². The number of rotatable bonds is 7. The van der Waals surface area contributed by atoms with E-state index in [4.69, 9.17) is 17.0 Å². The zero-order valence-corrected chi connectivity index (χ0v) is 12.9. The Balaban J connectivity index is 2.23. The minimum atomic E-state index is 0.773. The van der Waals surface area contributed by atoms with Crippen molar-refractivity contribution in [3.63, 3.8) is 0 Å². The molecule has 6 heteroatoms. The van der Waals surface area contributed by atoms with Gasteiger partial charge < -0.3 is 15.0 Å². The first-order valence-corrected chi connectivity index (χ1v) is 7.39. The van der Waals surface area contributed by atoms with Gasteiger partial charge in [0.25, 0.3) is 0 Å². The number of hydrogen-bond donors (Lipinski definition) is 1. The second kappa shape index (κ2) is 8.39. The summed E-state index contributed by atoms with van der Waals surface area (Å²) in [7, 11) is 2.00. The van der Waals surface area contributed by atoms with E-state index in [1.54, 1.807) is 11.3 Å². The lowest BCUT2D eigenvalue weighted by molar-refractivity contribution is 0.145. The van der Waals surface area contributed by atoms with Crippen LogP contribution >= 0.6 is 23.6 Å². The van der Waals surface area contributed by atoms with Crippen LogP contribution in [0, 0.1) is 6.92 Å². The fourth-order valence-corrected chi connectivity index (χ4v) is 2.41. The molecule has 102 valence electrons. The summed E-state index contributed by atoms with van der Waals surface area (Å²) in [5, 5.41) is 4.01. The van der Waals surface area contributed by atoms with E-state index >= 15 is 0 Å². The lowest BCUT2D eigenvalue weighted by Crippen LogP contribution is -2.37. The normalized spacial score (nSPS) is 10.4. The molecule has 0 unspecified atom stereocenters. The number of nitrogens with zero attached hydrogens (tertiary/aromatic N) is 2. The molecule has 0 atom stereocenters. The van der Waals surface area contributed by atoms with Crippen LogP contribution in [-0.4, -0.2) is 41.8 Å². The van der Waals surface area contributed by atoms with E-state index < -0.39 is 0 Å². The van der Waals surface area contributed by atoms with Crippen LogP contribution in [0.5, 0.6) is 0 Å². The maximum absolute atomic E-state index is 5.33. The van der Waals surface area contributed by atoms with Crippen molar-refractivity contribution < 1.29 is 4.74 Å². The molecular weight excluding hydrogens is 266 g/mol. The van der Waals surface area contributed by atoms with Gasteiger partial charge in [-0.3, -0.25) is 0 Å². The molecule has 0 radical (unpaired) electrons. The van der Waals surface area contributed by atoms with Gasteiger partial charge in [0.1, 0.15) is 0 Å². The Morgan fingerprint density at radius 1 is 1.61 bits per heavy atom. The molecule has 1 aromatic heterocycles. The lowest BCUT2D eigenvalue weighted by atomic mass is 10.4. The predicted octanol–water partition coefficient (Wildman–Crippen LogP) is 2.18. The van der Waals surface area contributed by atoms with Gasteiger partial charge in [0.15, 0.2) is 5.11 Å². The van der Waals surface area contributed by atoms with Crippen LogP contribution in [0.1, 0.15) is 23.9 Å². The Bertz CT molecular complexity index is 368. The molecule has 0 aliphatic heterocycles. The van der Waals surface area contributed by atoms with Gasteiger partial charge >= 0.3 is 0 Å². The minimum Gasteiger partial charge on any atom is -0.382 e. The first kappa shape index (κ1) is 15.3. The van der Waals surface area contributed by atoms with Gasteiger partial charge in [-0.15, -0.1) is 11.3 Å². The molecule has 0 spiro atoms. The molecule has 1 N–H and O–H groups in total. The van der Waals surface area contributed by atoms with Crippen molar-refractivity contribution in [1.82, 2.24) is 15.2 Å². The summed E-state index contributed by atoms with van der Waals surface area (Å²) in [4.78, 5) is 7.53. The molecular formula is C12H21N3OS2. The molecule has 0 aromatic carbocycles. The number of thiazole rings is 1. The van der Waals surface area contributed by atoms with Crippen LogP contribution in [0.15, 0.2) is 5.51 Å². The van der Waals surface area contributed by atoms with Crippen LogP contribution in [0.2, 0.25) is 0 Å². The standard InChI is InChI=1S/C12H21N3OS2/c1-4-16-7-5-6-13-12(17)15(3)8-11-10(2)14-9-18-11/h9H,4-8H2,1-3H3,(H,13,17). The van der Waals surface area contributed by atoms with Gasteiger partial charge in [-0.25, -0.2) is 4.98 Å². The molecule has 4 nitrogen and oxygen atoms in total. The van der Waals surface area contributed by atoms with Gasteiger partial charge in [-0.05, 0) is 32.5 Å². The zero-order valence-electron chi connectivity index (χ0n) is 11.2. The van der Waals surface area contributed by atoms with E-state index in [0.717, 1.165) is 43.5 Å². The van der Waals surface area contributed by atoms with Gasteiger partial charge in [0.2, 0.25) is 0 Å². The third-order valence-electron chi connectivity index (χ3n) is 2.52. The largest absolute Gasteiger partial charge is 0.382 e. The van der Waals surface area contributed by atoms with Crippen LogP contribution in [0.4, 0.5) is 0 Å². The van der Waals surface area contributed by atoms with Crippen molar-refractivity contribution in [2.24, 2.45) is 0 Å². The summed E-state index contributed by atoms with van der Waals surface area (Å²) in [6, 6.07) is 0. The highest BCUT2D eigenvalue weighted by molar-refractivity contribution is 7.80. The Kier molecular flexibility index (Phi) is 7.15. The Morgan fingerprint density at radius 2 is 2.39 bits per heavy atom. The van der Waals surface area contributed by atoms with Crippen molar-refractivity contribution in [2.75, 3.05) is 26.8 Å². The molecule has 0 aliphatic rings. The first-order valence-electron chi connectivity index (χ1n) is 6.10. The van der Waals surface area contributed by atoms with Gasteiger partial charge in [-0.1, -0.05) is 0 Å². The SMILES string of the molecule is CCOCCCNC(=S)N(C)Cc1scnc1C. The van der Waals surface area contributed by atoms with Gasteiger partial charge in [-0.2, -0.15) is 0 Å².